The predicted molar refractivity (Wildman–Crippen MR) is 132 cm³/mol. The van der Waals surface area contributed by atoms with Crippen LogP contribution in [-0.2, 0) is 12.8 Å². The molecule has 2 aromatic carbocycles. The van der Waals surface area contributed by atoms with Gasteiger partial charge in [-0.2, -0.15) is 0 Å². The summed E-state index contributed by atoms with van der Waals surface area (Å²) in [4.78, 5) is 13.3. The fourth-order valence-corrected chi connectivity index (χ4v) is 5.84. The van der Waals surface area contributed by atoms with Crippen molar-refractivity contribution in [2.45, 2.75) is 38.6 Å². The number of aliphatic imine (C=N–C) groups is 1. The first-order valence-electron chi connectivity index (χ1n) is 11.4. The van der Waals surface area contributed by atoms with Gasteiger partial charge >= 0.3 is 0 Å². The van der Waals surface area contributed by atoms with Gasteiger partial charge in [0.1, 0.15) is 5.84 Å². The fourth-order valence-electron chi connectivity index (χ4n) is 4.66. The van der Waals surface area contributed by atoms with Crippen LogP contribution in [0.1, 0.15) is 46.2 Å². The lowest BCUT2D eigenvalue weighted by atomic mass is 10.0. The molecule has 2 aliphatic heterocycles. The second-order valence-electron chi connectivity index (χ2n) is 9.15. The van der Waals surface area contributed by atoms with Crippen molar-refractivity contribution in [1.29, 1.82) is 0 Å². The first-order valence-corrected chi connectivity index (χ1v) is 12.2. The van der Waals surface area contributed by atoms with Crippen LogP contribution in [-0.4, -0.2) is 48.4 Å². The van der Waals surface area contributed by atoms with Gasteiger partial charge in [0.2, 0.25) is 0 Å². The molecule has 1 atom stereocenters. The maximum absolute atomic E-state index is 5.27. The Morgan fingerprint density at radius 3 is 2.61 bits per heavy atom. The molecule has 0 aliphatic carbocycles. The zero-order valence-electron chi connectivity index (χ0n) is 18.7. The van der Waals surface area contributed by atoms with E-state index in [1.165, 1.54) is 32.3 Å². The van der Waals surface area contributed by atoms with E-state index >= 15 is 0 Å². The van der Waals surface area contributed by atoms with Gasteiger partial charge in [0.15, 0.2) is 0 Å². The largest absolute Gasteiger partial charge is 0.353 e. The molecular weight excluding hydrogens is 398 g/mol. The molecule has 160 valence electrons. The molecule has 3 aromatic rings. The molecule has 3 heterocycles. The minimum absolute atomic E-state index is 0.490. The smallest absolute Gasteiger partial charge is 0.137 e. The standard InChI is InChI=1S/C27H31N3S/c1-19(2)25-17-23-26(31-25)16-21-11-7-8-12-24(21)28-27(23)30-14-13-29(3)22(18-30)15-20-9-5-4-6-10-20/h4-12,17,19,22H,13-16,18H2,1-3H3/t22-/m0/s1. The highest BCUT2D eigenvalue weighted by molar-refractivity contribution is 7.12. The highest BCUT2D eigenvalue weighted by atomic mass is 32.1. The average Bonchev–Trinajstić information content (AvgIpc) is 3.13. The van der Waals surface area contributed by atoms with Gasteiger partial charge in [0.05, 0.1) is 5.69 Å². The van der Waals surface area contributed by atoms with Crippen molar-refractivity contribution in [2.75, 3.05) is 26.7 Å². The summed E-state index contributed by atoms with van der Waals surface area (Å²) in [6, 6.07) is 22.5. The van der Waals surface area contributed by atoms with Crippen molar-refractivity contribution in [3.05, 3.63) is 87.1 Å². The van der Waals surface area contributed by atoms with Gasteiger partial charge in [-0.1, -0.05) is 62.4 Å². The molecule has 0 saturated carbocycles. The van der Waals surface area contributed by atoms with E-state index in [0.29, 0.717) is 12.0 Å². The van der Waals surface area contributed by atoms with Crippen molar-refractivity contribution in [3.8, 4) is 0 Å². The lowest BCUT2D eigenvalue weighted by molar-refractivity contribution is 0.141. The van der Waals surface area contributed by atoms with Gasteiger partial charge < -0.3 is 4.90 Å². The van der Waals surface area contributed by atoms with Crippen molar-refractivity contribution in [2.24, 2.45) is 4.99 Å². The summed E-state index contributed by atoms with van der Waals surface area (Å²) >= 11 is 1.97. The molecule has 2 aliphatic rings. The van der Waals surface area contributed by atoms with Crippen LogP contribution >= 0.6 is 11.3 Å². The molecule has 1 aromatic heterocycles. The van der Waals surface area contributed by atoms with Crippen LogP contribution in [0.15, 0.2) is 65.7 Å². The van der Waals surface area contributed by atoms with E-state index in [1.54, 1.807) is 0 Å². The minimum Gasteiger partial charge on any atom is -0.353 e. The molecule has 4 heteroatoms. The molecule has 0 bridgehead atoms. The lowest BCUT2D eigenvalue weighted by Crippen LogP contribution is -2.54. The summed E-state index contributed by atoms with van der Waals surface area (Å²) in [7, 11) is 2.27. The SMILES string of the molecule is CC(C)c1cc2c(s1)Cc1ccccc1N=C2N1CCN(C)[C@@H](Cc2ccccc2)C1. The molecule has 0 unspecified atom stereocenters. The number of para-hydroxylation sites is 1. The lowest BCUT2D eigenvalue weighted by Gasteiger charge is -2.41. The van der Waals surface area contributed by atoms with E-state index in [4.69, 9.17) is 4.99 Å². The Bertz CT molecular complexity index is 1080. The maximum Gasteiger partial charge on any atom is 0.137 e. The first-order chi connectivity index (χ1) is 15.1. The second-order valence-corrected chi connectivity index (χ2v) is 10.3. The quantitative estimate of drug-likeness (QED) is 0.531. The second kappa shape index (κ2) is 8.60. The molecule has 0 amide bonds. The summed E-state index contributed by atoms with van der Waals surface area (Å²) in [5.74, 6) is 1.72. The van der Waals surface area contributed by atoms with Crippen LogP contribution < -0.4 is 0 Å². The molecule has 0 spiro atoms. The number of amidine groups is 1. The van der Waals surface area contributed by atoms with E-state index in [2.05, 4.69) is 91.4 Å². The summed E-state index contributed by atoms with van der Waals surface area (Å²) < 4.78 is 0. The summed E-state index contributed by atoms with van der Waals surface area (Å²) in [6.07, 6.45) is 2.06. The molecular formula is C27H31N3S. The zero-order valence-corrected chi connectivity index (χ0v) is 19.5. The van der Waals surface area contributed by atoms with Gasteiger partial charge in [0.25, 0.3) is 0 Å². The Morgan fingerprint density at radius 1 is 1.03 bits per heavy atom. The molecule has 31 heavy (non-hydrogen) atoms. The van der Waals surface area contributed by atoms with Crippen LogP contribution in [0.5, 0.6) is 0 Å². The summed E-state index contributed by atoms with van der Waals surface area (Å²) in [6.45, 7) is 7.69. The number of fused-ring (bicyclic) bond motifs is 2. The van der Waals surface area contributed by atoms with E-state index in [0.717, 1.165) is 38.2 Å². The molecule has 0 N–H and O–H groups in total. The number of thiophene rings is 1. The topological polar surface area (TPSA) is 18.8 Å². The Morgan fingerprint density at radius 2 is 1.81 bits per heavy atom. The van der Waals surface area contributed by atoms with Gasteiger partial charge in [-0.25, -0.2) is 4.99 Å². The van der Waals surface area contributed by atoms with Crippen LogP contribution in [0, 0.1) is 0 Å². The number of rotatable bonds is 3. The average molecular weight is 430 g/mol. The van der Waals surface area contributed by atoms with Gasteiger partial charge in [-0.3, -0.25) is 4.90 Å². The van der Waals surface area contributed by atoms with E-state index in [9.17, 15) is 0 Å². The Hall–Kier alpha value is -2.43. The molecule has 3 nitrogen and oxygen atoms in total. The Kier molecular flexibility index (Phi) is 5.68. The highest BCUT2D eigenvalue weighted by Crippen LogP contribution is 2.37. The van der Waals surface area contributed by atoms with Crippen molar-refractivity contribution in [3.63, 3.8) is 0 Å². The van der Waals surface area contributed by atoms with Crippen LogP contribution in [0.2, 0.25) is 0 Å². The fraction of sp³-hybridized carbons (Fsp3) is 0.370. The number of likely N-dealkylation sites (N-methyl/N-ethyl adjacent to an activating group) is 1. The van der Waals surface area contributed by atoms with Gasteiger partial charge in [-0.05, 0) is 42.6 Å². The number of hydrogen-bond acceptors (Lipinski definition) is 4. The summed E-state index contributed by atoms with van der Waals surface area (Å²) in [5.41, 5.74) is 5.23. The van der Waals surface area contributed by atoms with Crippen LogP contribution in [0.25, 0.3) is 0 Å². The third kappa shape index (κ3) is 4.19. The van der Waals surface area contributed by atoms with Gasteiger partial charge in [-0.15, -0.1) is 11.3 Å². The summed E-state index contributed by atoms with van der Waals surface area (Å²) in [5, 5.41) is 0. The maximum atomic E-state index is 5.27. The molecule has 0 radical (unpaired) electrons. The van der Waals surface area contributed by atoms with Crippen molar-refractivity contribution in [1.82, 2.24) is 9.80 Å². The number of hydrogen-bond donors (Lipinski definition) is 0. The zero-order chi connectivity index (χ0) is 21.4. The monoisotopic (exact) mass is 429 g/mol. The van der Waals surface area contributed by atoms with Crippen molar-refractivity contribution >= 4 is 22.9 Å². The Balaban J connectivity index is 1.51. The molecule has 1 fully saturated rings. The third-order valence-electron chi connectivity index (χ3n) is 6.60. The van der Waals surface area contributed by atoms with Crippen molar-refractivity contribution < 1.29 is 0 Å². The third-order valence-corrected chi connectivity index (χ3v) is 8.03. The first kappa shape index (κ1) is 20.5. The van der Waals surface area contributed by atoms with E-state index < -0.39 is 0 Å². The molecule has 1 saturated heterocycles. The van der Waals surface area contributed by atoms with E-state index in [1.807, 2.05) is 11.3 Å². The Labute approximate surface area is 190 Å². The van der Waals surface area contributed by atoms with Crippen LogP contribution in [0.4, 0.5) is 5.69 Å². The van der Waals surface area contributed by atoms with Gasteiger partial charge in [0, 0.05) is 47.4 Å². The highest BCUT2D eigenvalue weighted by Gasteiger charge is 2.30. The van der Waals surface area contributed by atoms with Crippen LogP contribution in [0.3, 0.4) is 0 Å². The number of piperazine rings is 1. The number of nitrogens with zero attached hydrogens (tertiary/aromatic N) is 3. The number of benzene rings is 2. The normalized spacial score (nSPS) is 19.0. The molecule has 5 rings (SSSR count). The predicted octanol–water partition coefficient (Wildman–Crippen LogP) is 5.71. The van der Waals surface area contributed by atoms with E-state index in [-0.39, 0.29) is 0 Å². The minimum atomic E-state index is 0.490.